The molecule has 0 spiro atoms. The van der Waals surface area contributed by atoms with E-state index >= 15 is 0 Å². The van der Waals surface area contributed by atoms with Crippen LogP contribution in [0.25, 0.3) is 93.6 Å². The maximum absolute atomic E-state index is 10.6. The van der Waals surface area contributed by atoms with Gasteiger partial charge >= 0.3 is 0 Å². The molecular formula is C50H29N5. The Hall–Kier alpha value is -7.86. The van der Waals surface area contributed by atoms with E-state index in [1.54, 1.807) is 0 Å². The van der Waals surface area contributed by atoms with Crippen LogP contribution in [0.15, 0.2) is 176 Å². The van der Waals surface area contributed by atoms with Crippen LogP contribution in [-0.2, 0) is 0 Å². The van der Waals surface area contributed by atoms with Gasteiger partial charge in [0.25, 0.3) is 0 Å². The van der Waals surface area contributed by atoms with E-state index in [9.17, 15) is 10.5 Å². The van der Waals surface area contributed by atoms with Crippen molar-refractivity contribution in [1.82, 2.24) is 13.7 Å². The van der Waals surface area contributed by atoms with E-state index in [-0.39, 0.29) is 0 Å². The predicted octanol–water partition coefficient (Wildman–Crippen LogP) is 12.4. The number of fused-ring (bicyclic) bond motifs is 9. The van der Waals surface area contributed by atoms with Crippen LogP contribution in [0.1, 0.15) is 11.1 Å². The molecule has 0 aliphatic carbocycles. The molecule has 0 aliphatic rings. The van der Waals surface area contributed by atoms with Crippen molar-refractivity contribution < 1.29 is 0 Å². The zero-order valence-corrected chi connectivity index (χ0v) is 29.5. The first-order valence-corrected chi connectivity index (χ1v) is 18.3. The van der Waals surface area contributed by atoms with E-state index in [0.717, 1.165) is 82.8 Å². The second-order valence-electron chi connectivity index (χ2n) is 14.0. The molecular weight excluding hydrogens is 671 g/mol. The highest BCUT2D eigenvalue weighted by molar-refractivity contribution is 6.15. The first-order valence-electron chi connectivity index (χ1n) is 18.3. The lowest BCUT2D eigenvalue weighted by Crippen LogP contribution is -2.03. The van der Waals surface area contributed by atoms with Gasteiger partial charge in [0.1, 0.15) is 0 Å². The molecule has 0 saturated heterocycles. The summed E-state index contributed by atoms with van der Waals surface area (Å²) < 4.78 is 6.98. The molecule has 11 rings (SSSR count). The highest BCUT2D eigenvalue weighted by atomic mass is 15.1. The molecule has 55 heavy (non-hydrogen) atoms. The molecule has 0 bridgehead atoms. The second kappa shape index (κ2) is 11.8. The van der Waals surface area contributed by atoms with Crippen LogP contribution in [-0.4, -0.2) is 13.7 Å². The number of para-hydroxylation sites is 6. The summed E-state index contributed by atoms with van der Waals surface area (Å²) in [6, 6.07) is 65.9. The average molecular weight is 700 g/mol. The van der Waals surface area contributed by atoms with Gasteiger partial charge in [-0.1, -0.05) is 109 Å². The fourth-order valence-electron chi connectivity index (χ4n) is 8.82. The van der Waals surface area contributed by atoms with Crippen molar-refractivity contribution in [2.45, 2.75) is 0 Å². The summed E-state index contributed by atoms with van der Waals surface area (Å²) in [6.45, 7) is 0. The summed E-state index contributed by atoms with van der Waals surface area (Å²) in [4.78, 5) is 0. The Kier molecular flexibility index (Phi) is 6.61. The van der Waals surface area contributed by atoms with Gasteiger partial charge in [-0.2, -0.15) is 10.5 Å². The van der Waals surface area contributed by atoms with Gasteiger partial charge in [0.2, 0.25) is 0 Å². The van der Waals surface area contributed by atoms with Crippen LogP contribution in [0.2, 0.25) is 0 Å². The van der Waals surface area contributed by atoms with E-state index in [0.29, 0.717) is 11.1 Å². The number of nitrogens with zero attached hydrogens (tertiary/aromatic N) is 5. The molecule has 0 N–H and O–H groups in total. The molecule has 11 aromatic rings. The summed E-state index contributed by atoms with van der Waals surface area (Å²) in [5.41, 5.74) is 12.4. The molecule has 3 heterocycles. The molecule has 0 fully saturated rings. The first-order chi connectivity index (χ1) is 27.2. The molecule has 0 radical (unpaired) electrons. The van der Waals surface area contributed by atoms with Crippen LogP contribution in [0.3, 0.4) is 0 Å². The minimum atomic E-state index is 0.582. The third-order valence-electron chi connectivity index (χ3n) is 11.1. The van der Waals surface area contributed by atoms with Crippen LogP contribution >= 0.6 is 0 Å². The molecule has 5 heteroatoms. The molecule has 0 unspecified atom stereocenters. The number of hydrogen-bond donors (Lipinski definition) is 0. The number of hydrogen-bond acceptors (Lipinski definition) is 2. The molecule has 0 atom stereocenters. The van der Waals surface area contributed by atoms with Crippen molar-refractivity contribution in [1.29, 1.82) is 10.5 Å². The number of rotatable bonds is 4. The Labute approximate surface area is 316 Å². The van der Waals surface area contributed by atoms with Crippen molar-refractivity contribution in [2.24, 2.45) is 0 Å². The van der Waals surface area contributed by atoms with Crippen LogP contribution < -0.4 is 0 Å². The summed E-state index contributed by atoms with van der Waals surface area (Å²) in [7, 11) is 0. The van der Waals surface area contributed by atoms with Crippen molar-refractivity contribution >= 4 is 65.4 Å². The summed E-state index contributed by atoms with van der Waals surface area (Å²) in [5, 5.41) is 27.4. The van der Waals surface area contributed by atoms with E-state index in [1.165, 1.54) is 10.8 Å². The molecule has 254 valence electrons. The molecule has 0 aliphatic heterocycles. The summed E-state index contributed by atoms with van der Waals surface area (Å²) in [5.74, 6) is 0. The van der Waals surface area contributed by atoms with Crippen molar-refractivity contribution in [3.63, 3.8) is 0 Å². The second-order valence-corrected chi connectivity index (χ2v) is 14.0. The van der Waals surface area contributed by atoms with Gasteiger partial charge in [-0.3, -0.25) is 0 Å². The van der Waals surface area contributed by atoms with Crippen LogP contribution in [0.5, 0.6) is 0 Å². The highest BCUT2D eigenvalue weighted by Gasteiger charge is 2.22. The third-order valence-corrected chi connectivity index (χ3v) is 11.1. The lowest BCUT2D eigenvalue weighted by Gasteiger charge is -2.18. The molecule has 5 nitrogen and oxygen atoms in total. The summed E-state index contributed by atoms with van der Waals surface area (Å²) in [6.07, 6.45) is 0. The Morgan fingerprint density at radius 3 is 1.53 bits per heavy atom. The fourth-order valence-corrected chi connectivity index (χ4v) is 8.82. The van der Waals surface area contributed by atoms with Gasteiger partial charge in [0.15, 0.2) is 0 Å². The van der Waals surface area contributed by atoms with Gasteiger partial charge < -0.3 is 13.7 Å². The zero-order valence-electron chi connectivity index (χ0n) is 29.5. The Balaban J connectivity index is 1.22. The van der Waals surface area contributed by atoms with Gasteiger partial charge in [-0.25, -0.2) is 0 Å². The Morgan fingerprint density at radius 1 is 0.345 bits per heavy atom. The van der Waals surface area contributed by atoms with Gasteiger partial charge in [0, 0.05) is 49.1 Å². The maximum atomic E-state index is 10.6. The molecule has 8 aromatic carbocycles. The minimum absolute atomic E-state index is 0.582. The third kappa shape index (κ3) is 4.39. The maximum Gasteiger partial charge on any atom is 0.0998 e. The molecule has 0 saturated carbocycles. The standard InChI is InChI=1S/C50H29N5/c51-30-32-24-27-40-37-14-1-6-18-43(37)53(49(40)28-32)34-26-25-33(31-52)42(29-34)39-16-5-10-22-47(39)55-46-21-9-4-15-38(46)41-17-11-23-48(50(41)55)54-44-19-7-2-12-35(44)36-13-3-8-20-45(36)54/h1-29H. The van der Waals surface area contributed by atoms with Gasteiger partial charge in [-0.15, -0.1) is 0 Å². The topological polar surface area (TPSA) is 62.4 Å². The van der Waals surface area contributed by atoms with Crippen molar-refractivity contribution in [3.05, 3.63) is 187 Å². The number of nitriles is 2. The lowest BCUT2D eigenvalue weighted by atomic mass is 9.97. The Bertz CT molecular complexity index is 3420. The normalized spacial score (nSPS) is 11.6. The number of aromatic nitrogens is 3. The Morgan fingerprint density at radius 2 is 0.873 bits per heavy atom. The minimum Gasteiger partial charge on any atom is -0.309 e. The van der Waals surface area contributed by atoms with E-state index in [2.05, 4.69) is 153 Å². The van der Waals surface area contributed by atoms with E-state index in [1.807, 2.05) is 48.5 Å². The lowest BCUT2D eigenvalue weighted by molar-refractivity contribution is 1.13. The highest BCUT2D eigenvalue weighted by Crippen LogP contribution is 2.42. The van der Waals surface area contributed by atoms with Crippen molar-refractivity contribution in [3.8, 4) is 40.3 Å². The quantitative estimate of drug-likeness (QED) is 0.184. The van der Waals surface area contributed by atoms with Gasteiger partial charge in [-0.05, 0) is 66.7 Å². The van der Waals surface area contributed by atoms with E-state index in [4.69, 9.17) is 0 Å². The largest absolute Gasteiger partial charge is 0.309 e. The zero-order chi connectivity index (χ0) is 36.6. The van der Waals surface area contributed by atoms with Crippen LogP contribution in [0, 0.1) is 22.7 Å². The van der Waals surface area contributed by atoms with E-state index < -0.39 is 0 Å². The molecule has 0 amide bonds. The predicted molar refractivity (Wildman–Crippen MR) is 224 cm³/mol. The van der Waals surface area contributed by atoms with Crippen LogP contribution in [0.4, 0.5) is 0 Å². The fraction of sp³-hybridized carbons (Fsp3) is 0. The first kappa shape index (κ1) is 30.7. The smallest absolute Gasteiger partial charge is 0.0998 e. The SMILES string of the molecule is N#Cc1ccc2c3ccccc3n(-c3ccc(C#N)c(-c4ccccc4-n4c5ccccc5c5cccc(-n6c7ccccc7c7ccccc76)c54)c3)c2c1. The monoisotopic (exact) mass is 699 g/mol. The van der Waals surface area contributed by atoms with Gasteiger partial charge in [0.05, 0.1) is 67.7 Å². The van der Waals surface area contributed by atoms with Crippen molar-refractivity contribution in [2.75, 3.05) is 0 Å². The molecule has 3 aromatic heterocycles. The summed E-state index contributed by atoms with van der Waals surface area (Å²) >= 11 is 0. The average Bonchev–Trinajstić information content (AvgIpc) is 3.89. The number of benzene rings is 8.